The van der Waals surface area contributed by atoms with Crippen LogP contribution in [0.3, 0.4) is 0 Å². The number of hydrogen-bond acceptors (Lipinski definition) is 4. The van der Waals surface area contributed by atoms with Crippen LogP contribution in [0.1, 0.15) is 6.42 Å². The highest BCUT2D eigenvalue weighted by Crippen LogP contribution is 2.15. The van der Waals surface area contributed by atoms with Crippen LogP contribution in [0.15, 0.2) is 0 Å². The molecule has 0 saturated carbocycles. The first kappa shape index (κ1) is 13.2. The highest BCUT2D eigenvalue weighted by Gasteiger charge is 2.41. The molecular formula is C7H7F3N2O3. The quantitative estimate of drug-likeness (QED) is 0.488. The van der Waals surface area contributed by atoms with E-state index in [0.717, 1.165) is 0 Å². The molecule has 0 aliphatic rings. The van der Waals surface area contributed by atoms with E-state index in [2.05, 4.69) is 4.84 Å². The van der Waals surface area contributed by atoms with Crippen molar-refractivity contribution in [3.05, 3.63) is 0 Å². The van der Waals surface area contributed by atoms with Gasteiger partial charge in [0.25, 0.3) is 5.91 Å². The van der Waals surface area contributed by atoms with Crippen LogP contribution >= 0.6 is 0 Å². The maximum absolute atomic E-state index is 11.5. The molecule has 0 aliphatic carbocycles. The van der Waals surface area contributed by atoms with Gasteiger partial charge in [-0.15, -0.1) is 6.42 Å². The van der Waals surface area contributed by atoms with Crippen molar-refractivity contribution >= 4 is 11.9 Å². The SMILES string of the molecule is C#C[C@@H](N)CC(=O)NOC(=O)C(F)(F)F. The molecule has 8 heteroatoms. The number of nitrogens with two attached hydrogens (primary N) is 1. The summed E-state index contributed by atoms with van der Waals surface area (Å²) in [5.74, 6) is -1.57. The molecule has 0 saturated heterocycles. The Hall–Kier alpha value is -1.75. The first-order valence-electron chi connectivity index (χ1n) is 3.56. The Morgan fingerprint density at radius 3 is 2.47 bits per heavy atom. The predicted molar refractivity (Wildman–Crippen MR) is 41.7 cm³/mol. The molecule has 0 rings (SSSR count). The van der Waals surface area contributed by atoms with Crippen LogP contribution in [0.4, 0.5) is 13.2 Å². The molecule has 0 aliphatic heterocycles. The van der Waals surface area contributed by atoms with Crippen LogP contribution in [0.2, 0.25) is 0 Å². The smallest absolute Gasteiger partial charge is 0.332 e. The topological polar surface area (TPSA) is 81.4 Å². The van der Waals surface area contributed by atoms with E-state index in [4.69, 9.17) is 12.2 Å². The Kier molecular flexibility index (Phi) is 4.60. The van der Waals surface area contributed by atoms with E-state index in [9.17, 15) is 22.8 Å². The van der Waals surface area contributed by atoms with Gasteiger partial charge in [0.15, 0.2) is 0 Å². The number of halogens is 3. The van der Waals surface area contributed by atoms with Crippen molar-refractivity contribution in [3.8, 4) is 12.3 Å². The van der Waals surface area contributed by atoms with E-state index in [1.807, 2.05) is 5.92 Å². The first-order valence-corrected chi connectivity index (χ1v) is 3.56. The molecule has 3 N–H and O–H groups in total. The molecule has 0 bridgehead atoms. The summed E-state index contributed by atoms with van der Waals surface area (Å²) in [4.78, 5) is 24.2. The van der Waals surface area contributed by atoms with Gasteiger partial charge in [-0.05, 0) is 0 Å². The molecule has 0 unspecified atom stereocenters. The second-order valence-corrected chi connectivity index (χ2v) is 2.39. The van der Waals surface area contributed by atoms with Crippen molar-refractivity contribution in [3.63, 3.8) is 0 Å². The number of amides is 1. The summed E-state index contributed by atoms with van der Waals surface area (Å²) in [5.41, 5.74) is 6.38. The van der Waals surface area contributed by atoms with Crippen molar-refractivity contribution in [2.45, 2.75) is 18.6 Å². The number of carbonyl (C=O) groups is 2. The average molecular weight is 224 g/mol. The van der Waals surface area contributed by atoms with Crippen molar-refractivity contribution in [1.82, 2.24) is 5.48 Å². The van der Waals surface area contributed by atoms with Crippen LogP contribution in [0, 0.1) is 12.3 Å². The minimum Gasteiger partial charge on any atom is -0.332 e. The van der Waals surface area contributed by atoms with Gasteiger partial charge in [-0.2, -0.15) is 18.7 Å². The lowest BCUT2D eigenvalue weighted by molar-refractivity contribution is -0.207. The molecule has 0 aromatic rings. The third kappa shape index (κ3) is 5.53. The summed E-state index contributed by atoms with van der Waals surface area (Å²) >= 11 is 0. The fourth-order valence-electron chi connectivity index (χ4n) is 0.461. The molecule has 84 valence electrons. The third-order valence-corrected chi connectivity index (χ3v) is 1.11. The Bertz CT molecular complexity index is 295. The molecule has 1 amide bonds. The Balaban J connectivity index is 3.93. The fraction of sp³-hybridized carbons (Fsp3) is 0.429. The molecule has 0 aromatic heterocycles. The van der Waals surface area contributed by atoms with Gasteiger partial charge in [0.2, 0.25) is 0 Å². The Morgan fingerprint density at radius 2 is 2.07 bits per heavy atom. The van der Waals surface area contributed by atoms with Crippen molar-refractivity contribution in [2.75, 3.05) is 0 Å². The van der Waals surface area contributed by atoms with Crippen molar-refractivity contribution in [1.29, 1.82) is 0 Å². The third-order valence-electron chi connectivity index (χ3n) is 1.11. The van der Waals surface area contributed by atoms with Gasteiger partial charge in [0, 0.05) is 0 Å². The maximum Gasteiger partial charge on any atom is 0.493 e. The van der Waals surface area contributed by atoms with Gasteiger partial charge < -0.3 is 10.6 Å². The second-order valence-electron chi connectivity index (χ2n) is 2.39. The maximum atomic E-state index is 11.5. The zero-order valence-electron chi connectivity index (χ0n) is 7.30. The van der Waals surface area contributed by atoms with E-state index in [-0.39, 0.29) is 0 Å². The van der Waals surface area contributed by atoms with Crippen LogP contribution in [-0.4, -0.2) is 24.1 Å². The van der Waals surface area contributed by atoms with Crippen LogP contribution in [0.25, 0.3) is 0 Å². The van der Waals surface area contributed by atoms with Crippen LogP contribution < -0.4 is 11.2 Å². The number of carbonyl (C=O) groups excluding carboxylic acids is 2. The van der Waals surface area contributed by atoms with Crippen LogP contribution in [-0.2, 0) is 14.4 Å². The fourth-order valence-corrected chi connectivity index (χ4v) is 0.461. The average Bonchev–Trinajstić information content (AvgIpc) is 2.12. The number of hydrogen-bond donors (Lipinski definition) is 2. The molecule has 0 radical (unpaired) electrons. The normalized spacial score (nSPS) is 12.5. The van der Waals surface area contributed by atoms with Crippen molar-refractivity contribution in [2.24, 2.45) is 5.73 Å². The number of rotatable bonds is 2. The highest BCUT2D eigenvalue weighted by molar-refractivity contribution is 5.80. The van der Waals surface area contributed by atoms with Gasteiger partial charge in [-0.25, -0.2) is 4.79 Å². The minimum atomic E-state index is -5.17. The van der Waals surface area contributed by atoms with Gasteiger partial charge in [-0.1, -0.05) is 5.92 Å². The molecule has 0 heterocycles. The molecule has 1 atom stereocenters. The van der Waals surface area contributed by atoms with Gasteiger partial charge in [0.05, 0.1) is 12.5 Å². The van der Waals surface area contributed by atoms with E-state index in [1.54, 1.807) is 0 Å². The standard InChI is InChI=1S/C7H7F3N2O3/c1-2-4(11)3-5(13)12-15-6(14)7(8,9)10/h1,4H,3,11H2,(H,12,13)/t4-/m1/s1. The van der Waals surface area contributed by atoms with Gasteiger partial charge in [-0.3, -0.25) is 4.79 Å². The predicted octanol–water partition coefficient (Wildman–Crippen LogP) is -0.526. The summed E-state index contributed by atoms with van der Waals surface area (Å²) in [5, 5.41) is 0. The zero-order chi connectivity index (χ0) is 12.1. The molecule has 5 nitrogen and oxygen atoms in total. The van der Waals surface area contributed by atoms with E-state index in [0.29, 0.717) is 0 Å². The Morgan fingerprint density at radius 1 is 1.53 bits per heavy atom. The lowest BCUT2D eigenvalue weighted by Gasteiger charge is -2.08. The minimum absolute atomic E-state index is 0.443. The number of terminal acetylenes is 1. The molecule has 15 heavy (non-hydrogen) atoms. The Labute approximate surface area is 82.7 Å². The number of nitrogens with one attached hydrogen (secondary N) is 1. The van der Waals surface area contributed by atoms with E-state index < -0.39 is 30.5 Å². The summed E-state index contributed by atoms with van der Waals surface area (Å²) in [7, 11) is 0. The second kappa shape index (κ2) is 5.21. The van der Waals surface area contributed by atoms with Crippen LogP contribution in [0.5, 0.6) is 0 Å². The molecular weight excluding hydrogens is 217 g/mol. The monoisotopic (exact) mass is 224 g/mol. The van der Waals surface area contributed by atoms with Gasteiger partial charge in [0.1, 0.15) is 0 Å². The summed E-state index contributed by atoms with van der Waals surface area (Å²) < 4.78 is 34.6. The summed E-state index contributed by atoms with van der Waals surface area (Å²) in [6.07, 6.45) is -0.805. The largest absolute Gasteiger partial charge is 0.493 e. The number of alkyl halides is 3. The first-order chi connectivity index (χ1) is 6.77. The summed E-state index contributed by atoms with van der Waals surface area (Å²) in [6.45, 7) is 0. The van der Waals surface area contributed by atoms with Crippen molar-refractivity contribution < 1.29 is 27.6 Å². The highest BCUT2D eigenvalue weighted by atomic mass is 19.4. The zero-order valence-corrected chi connectivity index (χ0v) is 7.30. The molecule has 0 aromatic carbocycles. The lowest BCUT2D eigenvalue weighted by Crippen LogP contribution is -2.36. The molecule has 0 fully saturated rings. The lowest BCUT2D eigenvalue weighted by atomic mass is 10.2. The van der Waals surface area contributed by atoms with E-state index >= 15 is 0 Å². The molecule has 0 spiro atoms. The summed E-state index contributed by atoms with van der Waals surface area (Å²) in [6, 6.07) is -0.949. The van der Waals surface area contributed by atoms with E-state index in [1.165, 1.54) is 5.48 Å². The number of hydroxylamine groups is 1. The van der Waals surface area contributed by atoms with Gasteiger partial charge >= 0.3 is 12.1 Å².